The third-order valence-electron chi connectivity index (χ3n) is 3.95. The highest BCUT2D eigenvalue weighted by Crippen LogP contribution is 2.26. The number of hydrogen-bond donors (Lipinski definition) is 0. The van der Waals surface area contributed by atoms with Gasteiger partial charge in [0.2, 0.25) is 0 Å². The summed E-state index contributed by atoms with van der Waals surface area (Å²) in [5.41, 5.74) is 2.39. The van der Waals surface area contributed by atoms with E-state index in [2.05, 4.69) is 34.3 Å². The number of rotatable bonds is 8. The minimum Gasteiger partial charge on any atom is -0.465 e. The molecule has 0 radical (unpaired) electrons. The fourth-order valence-corrected chi connectivity index (χ4v) is 2.90. The lowest BCUT2D eigenvalue weighted by atomic mass is 9.84. The molecule has 0 fully saturated rings. The zero-order chi connectivity index (χ0) is 17.5. The molecule has 1 rings (SSSR count). The standard InChI is InChI=1S/C21H32O2/c1-16(15-21(4,5)6)12-13-23-20(22)18(3)14-17(2)19-10-8-7-9-11-19/h7-11,16,18H,2,12-15H2,1,3-6H3. The minimum absolute atomic E-state index is 0.120. The van der Waals surface area contributed by atoms with E-state index in [9.17, 15) is 4.79 Å². The lowest BCUT2D eigenvalue weighted by Crippen LogP contribution is -2.18. The van der Waals surface area contributed by atoms with Gasteiger partial charge in [0.05, 0.1) is 12.5 Å². The first-order chi connectivity index (χ1) is 10.7. The van der Waals surface area contributed by atoms with Gasteiger partial charge in [-0.2, -0.15) is 0 Å². The van der Waals surface area contributed by atoms with Crippen molar-refractivity contribution < 1.29 is 9.53 Å². The van der Waals surface area contributed by atoms with Crippen molar-refractivity contribution in [3.05, 3.63) is 42.5 Å². The molecule has 0 saturated carbocycles. The van der Waals surface area contributed by atoms with Crippen LogP contribution in [-0.2, 0) is 9.53 Å². The van der Waals surface area contributed by atoms with Gasteiger partial charge in [0.1, 0.15) is 0 Å². The van der Waals surface area contributed by atoms with Gasteiger partial charge in [-0.25, -0.2) is 0 Å². The molecule has 128 valence electrons. The molecule has 2 atom stereocenters. The summed E-state index contributed by atoms with van der Waals surface area (Å²) in [7, 11) is 0. The summed E-state index contributed by atoms with van der Waals surface area (Å²) in [6, 6.07) is 10.00. The maximum atomic E-state index is 12.1. The Hall–Kier alpha value is -1.57. The molecule has 1 aromatic rings. The van der Waals surface area contributed by atoms with Gasteiger partial charge in [0, 0.05) is 0 Å². The van der Waals surface area contributed by atoms with Crippen LogP contribution in [0.4, 0.5) is 0 Å². The maximum absolute atomic E-state index is 12.1. The fourth-order valence-electron chi connectivity index (χ4n) is 2.90. The van der Waals surface area contributed by atoms with Gasteiger partial charge in [-0.15, -0.1) is 0 Å². The minimum atomic E-state index is -0.152. The third-order valence-corrected chi connectivity index (χ3v) is 3.95. The van der Waals surface area contributed by atoms with E-state index >= 15 is 0 Å². The molecule has 23 heavy (non-hydrogen) atoms. The van der Waals surface area contributed by atoms with Crippen molar-refractivity contribution in [2.45, 2.75) is 53.9 Å². The highest BCUT2D eigenvalue weighted by Gasteiger charge is 2.18. The van der Waals surface area contributed by atoms with Crippen LogP contribution in [0, 0.1) is 17.3 Å². The fraction of sp³-hybridized carbons (Fsp3) is 0.571. The Labute approximate surface area is 141 Å². The van der Waals surface area contributed by atoms with E-state index < -0.39 is 0 Å². The van der Waals surface area contributed by atoms with Crippen molar-refractivity contribution >= 4 is 11.5 Å². The molecular weight excluding hydrogens is 284 g/mol. The van der Waals surface area contributed by atoms with Crippen molar-refractivity contribution in [1.82, 2.24) is 0 Å². The van der Waals surface area contributed by atoms with Crippen LogP contribution < -0.4 is 0 Å². The average molecular weight is 316 g/mol. The van der Waals surface area contributed by atoms with E-state index in [0.29, 0.717) is 24.4 Å². The van der Waals surface area contributed by atoms with E-state index in [4.69, 9.17) is 4.74 Å². The number of hydrogen-bond acceptors (Lipinski definition) is 2. The quantitative estimate of drug-likeness (QED) is 0.572. The molecule has 1 aromatic carbocycles. The Morgan fingerprint density at radius 2 is 1.78 bits per heavy atom. The maximum Gasteiger partial charge on any atom is 0.308 e. The van der Waals surface area contributed by atoms with Crippen LogP contribution in [0.2, 0.25) is 0 Å². The molecule has 0 heterocycles. The van der Waals surface area contributed by atoms with E-state index in [1.807, 2.05) is 37.3 Å². The SMILES string of the molecule is C=C(CC(C)C(=O)OCCC(C)CC(C)(C)C)c1ccccc1. The van der Waals surface area contributed by atoms with Crippen LogP contribution in [0.5, 0.6) is 0 Å². The summed E-state index contributed by atoms with van der Waals surface area (Å²) in [5, 5.41) is 0. The summed E-state index contributed by atoms with van der Waals surface area (Å²) in [4.78, 5) is 12.1. The van der Waals surface area contributed by atoms with Gasteiger partial charge in [0.15, 0.2) is 0 Å². The molecule has 0 aliphatic heterocycles. The Balaban J connectivity index is 2.33. The van der Waals surface area contributed by atoms with Crippen LogP contribution in [-0.4, -0.2) is 12.6 Å². The van der Waals surface area contributed by atoms with Crippen molar-refractivity contribution in [3.63, 3.8) is 0 Å². The molecule has 0 aliphatic carbocycles. The van der Waals surface area contributed by atoms with E-state index in [0.717, 1.165) is 24.0 Å². The largest absolute Gasteiger partial charge is 0.465 e. The summed E-state index contributed by atoms with van der Waals surface area (Å²) >= 11 is 0. The molecule has 0 N–H and O–H groups in total. The summed E-state index contributed by atoms with van der Waals surface area (Å²) in [5.74, 6) is 0.294. The van der Waals surface area contributed by atoms with Crippen molar-refractivity contribution in [3.8, 4) is 0 Å². The molecule has 0 aromatic heterocycles. The number of allylic oxidation sites excluding steroid dienone is 1. The van der Waals surface area contributed by atoms with E-state index in [1.165, 1.54) is 0 Å². The second-order valence-electron chi connectivity index (χ2n) is 7.90. The highest BCUT2D eigenvalue weighted by molar-refractivity contribution is 5.75. The van der Waals surface area contributed by atoms with Crippen LogP contribution in [0.25, 0.3) is 5.57 Å². The molecular formula is C21H32O2. The Kier molecular flexibility index (Phi) is 7.54. The normalized spacial score (nSPS) is 14.1. The summed E-state index contributed by atoms with van der Waals surface area (Å²) < 4.78 is 5.45. The third kappa shape index (κ3) is 8.01. The van der Waals surface area contributed by atoms with Gasteiger partial charge in [0.25, 0.3) is 0 Å². The number of benzene rings is 1. The zero-order valence-electron chi connectivity index (χ0n) is 15.4. The highest BCUT2D eigenvalue weighted by atomic mass is 16.5. The van der Waals surface area contributed by atoms with Crippen LogP contribution in [0.1, 0.15) is 59.4 Å². The monoisotopic (exact) mass is 316 g/mol. The predicted molar refractivity (Wildman–Crippen MR) is 98.1 cm³/mol. The lowest BCUT2D eigenvalue weighted by molar-refractivity contribution is -0.148. The van der Waals surface area contributed by atoms with Crippen LogP contribution >= 0.6 is 0 Å². The number of ether oxygens (including phenoxy) is 1. The lowest BCUT2D eigenvalue weighted by Gasteiger charge is -2.23. The first-order valence-corrected chi connectivity index (χ1v) is 8.59. The van der Waals surface area contributed by atoms with Crippen LogP contribution in [0.3, 0.4) is 0 Å². The molecule has 2 unspecified atom stereocenters. The molecule has 2 heteroatoms. The van der Waals surface area contributed by atoms with E-state index in [-0.39, 0.29) is 11.9 Å². The molecule has 0 aliphatic rings. The topological polar surface area (TPSA) is 26.3 Å². The Morgan fingerprint density at radius 3 is 2.35 bits per heavy atom. The number of carbonyl (C=O) groups excluding carboxylic acids is 1. The van der Waals surface area contributed by atoms with Gasteiger partial charge in [-0.05, 0) is 41.7 Å². The van der Waals surface area contributed by atoms with Crippen molar-refractivity contribution in [1.29, 1.82) is 0 Å². The predicted octanol–water partition coefficient (Wildman–Crippen LogP) is 5.73. The number of carbonyl (C=O) groups is 1. The first kappa shape index (κ1) is 19.5. The first-order valence-electron chi connectivity index (χ1n) is 8.59. The second kappa shape index (κ2) is 8.90. The molecule has 0 spiro atoms. The van der Waals surface area contributed by atoms with Gasteiger partial charge in [-0.1, -0.05) is 71.5 Å². The second-order valence-corrected chi connectivity index (χ2v) is 7.90. The summed E-state index contributed by atoms with van der Waals surface area (Å²) in [6.45, 7) is 15.5. The van der Waals surface area contributed by atoms with Crippen LogP contribution in [0.15, 0.2) is 36.9 Å². The smallest absolute Gasteiger partial charge is 0.308 e. The van der Waals surface area contributed by atoms with Gasteiger partial charge in [-0.3, -0.25) is 4.79 Å². The number of esters is 1. The zero-order valence-corrected chi connectivity index (χ0v) is 15.4. The Bertz CT molecular complexity index is 496. The van der Waals surface area contributed by atoms with Gasteiger partial charge < -0.3 is 4.74 Å². The molecule has 0 bridgehead atoms. The molecule has 0 amide bonds. The average Bonchev–Trinajstić information content (AvgIpc) is 2.46. The Morgan fingerprint density at radius 1 is 1.17 bits per heavy atom. The van der Waals surface area contributed by atoms with E-state index in [1.54, 1.807) is 0 Å². The molecule has 0 saturated heterocycles. The van der Waals surface area contributed by atoms with Crippen molar-refractivity contribution in [2.75, 3.05) is 6.61 Å². The summed E-state index contributed by atoms with van der Waals surface area (Å²) in [6.07, 6.45) is 2.71. The van der Waals surface area contributed by atoms with Crippen molar-refractivity contribution in [2.24, 2.45) is 17.3 Å². The van der Waals surface area contributed by atoms with Gasteiger partial charge >= 0.3 is 5.97 Å². The molecule has 2 nitrogen and oxygen atoms in total.